The van der Waals surface area contributed by atoms with Gasteiger partial charge in [-0.15, -0.1) is 10.2 Å². The smallest absolute Gasteiger partial charge is 0.232 e. The van der Waals surface area contributed by atoms with Crippen molar-refractivity contribution in [3.63, 3.8) is 0 Å². The molecule has 1 saturated carbocycles. The van der Waals surface area contributed by atoms with Crippen LogP contribution in [0.5, 0.6) is 0 Å². The number of morpholine rings is 1. The molecule has 2 atom stereocenters. The second-order valence-corrected chi connectivity index (χ2v) is 9.22. The van der Waals surface area contributed by atoms with Gasteiger partial charge in [0, 0.05) is 19.1 Å². The van der Waals surface area contributed by atoms with Crippen molar-refractivity contribution in [3.05, 3.63) is 29.8 Å². The number of aryl methyl sites for hydroxylation is 1. The summed E-state index contributed by atoms with van der Waals surface area (Å²) in [6.45, 7) is 7.26. The molecule has 0 bridgehead atoms. The molecule has 1 aromatic heterocycles. The normalized spacial score (nSPS) is 22.1. The van der Waals surface area contributed by atoms with Gasteiger partial charge in [0.25, 0.3) is 0 Å². The lowest BCUT2D eigenvalue weighted by molar-refractivity contribution is -0.119. The summed E-state index contributed by atoms with van der Waals surface area (Å²) >= 11 is 1.45. The molecule has 0 spiro atoms. The maximum absolute atomic E-state index is 12.6. The summed E-state index contributed by atoms with van der Waals surface area (Å²) in [4.78, 5) is 14.8. The summed E-state index contributed by atoms with van der Waals surface area (Å²) in [6, 6.07) is 8.60. The molecule has 1 aromatic carbocycles. The van der Waals surface area contributed by atoms with Gasteiger partial charge < -0.3 is 15.0 Å². The van der Waals surface area contributed by atoms with Gasteiger partial charge in [0.1, 0.15) is 0 Å². The van der Waals surface area contributed by atoms with E-state index in [1.807, 2.05) is 6.07 Å². The number of hydrogen-bond donors (Lipinski definition) is 1. The topological polar surface area (TPSA) is 72.3 Å². The minimum atomic E-state index is 0.0745. The van der Waals surface area contributed by atoms with E-state index in [9.17, 15) is 4.79 Å². The van der Waals surface area contributed by atoms with Crippen LogP contribution in [0.1, 0.15) is 38.2 Å². The van der Waals surface area contributed by atoms with Gasteiger partial charge >= 0.3 is 0 Å². The number of nitrogens with one attached hydrogen (secondary N) is 1. The van der Waals surface area contributed by atoms with Crippen molar-refractivity contribution in [2.75, 3.05) is 37.0 Å². The first-order chi connectivity index (χ1) is 14.6. The highest BCUT2D eigenvalue weighted by Crippen LogP contribution is 2.28. The Balaban J connectivity index is 1.51. The first kappa shape index (κ1) is 21.2. The van der Waals surface area contributed by atoms with Gasteiger partial charge in [-0.2, -0.15) is 0 Å². The molecule has 0 radical (unpaired) electrons. The highest BCUT2D eigenvalue weighted by molar-refractivity contribution is 7.99. The van der Waals surface area contributed by atoms with Gasteiger partial charge in [-0.25, -0.2) is 0 Å². The fraction of sp³-hybridized carbons (Fsp3) is 0.591. The lowest BCUT2D eigenvalue weighted by Gasteiger charge is -2.29. The first-order valence-electron chi connectivity index (χ1n) is 10.9. The average molecular weight is 430 g/mol. The van der Waals surface area contributed by atoms with Gasteiger partial charge in [-0.3, -0.25) is 9.36 Å². The maximum atomic E-state index is 12.6. The number of ether oxygens (including phenoxy) is 1. The second kappa shape index (κ2) is 9.83. The van der Waals surface area contributed by atoms with Crippen molar-refractivity contribution < 1.29 is 9.53 Å². The SMILES string of the molecule is Cc1cccc(-n2c(SCC(=O)NC3CCCCC3C)nnc2N2CCOCC2)c1. The third kappa shape index (κ3) is 4.98. The van der Waals surface area contributed by atoms with Crippen LogP contribution in [0.2, 0.25) is 0 Å². The molecule has 162 valence electrons. The van der Waals surface area contributed by atoms with Crippen LogP contribution in [0.15, 0.2) is 29.4 Å². The van der Waals surface area contributed by atoms with Crippen LogP contribution >= 0.6 is 11.8 Å². The number of anilines is 1. The molecule has 2 aromatic rings. The Bertz CT molecular complexity index is 865. The lowest BCUT2D eigenvalue weighted by atomic mass is 9.86. The van der Waals surface area contributed by atoms with Crippen molar-refractivity contribution in [2.45, 2.75) is 50.7 Å². The van der Waals surface area contributed by atoms with Crippen LogP contribution in [-0.2, 0) is 9.53 Å². The fourth-order valence-corrected chi connectivity index (χ4v) is 4.98. The van der Waals surface area contributed by atoms with Gasteiger partial charge in [-0.1, -0.05) is 43.7 Å². The maximum Gasteiger partial charge on any atom is 0.232 e. The quantitative estimate of drug-likeness (QED) is 0.711. The van der Waals surface area contributed by atoms with E-state index in [0.29, 0.717) is 30.9 Å². The summed E-state index contributed by atoms with van der Waals surface area (Å²) in [6.07, 6.45) is 4.75. The molecular weight excluding hydrogens is 398 g/mol. The third-order valence-corrected chi connectivity index (χ3v) is 6.89. The van der Waals surface area contributed by atoms with Crippen LogP contribution in [0.4, 0.5) is 5.95 Å². The Kier molecular flexibility index (Phi) is 6.94. The van der Waals surface area contributed by atoms with Crippen LogP contribution in [0, 0.1) is 12.8 Å². The fourth-order valence-electron chi connectivity index (χ4n) is 4.23. The molecular formula is C22H31N5O2S. The molecule has 2 aliphatic rings. The largest absolute Gasteiger partial charge is 0.378 e. The predicted molar refractivity (Wildman–Crippen MR) is 119 cm³/mol. The van der Waals surface area contributed by atoms with E-state index in [1.165, 1.54) is 36.6 Å². The Hall–Kier alpha value is -2.06. The molecule has 7 nitrogen and oxygen atoms in total. The Morgan fingerprint density at radius 2 is 2.03 bits per heavy atom. The zero-order valence-corrected chi connectivity index (χ0v) is 18.7. The van der Waals surface area contributed by atoms with Crippen LogP contribution in [0.25, 0.3) is 5.69 Å². The van der Waals surface area contributed by atoms with E-state index in [-0.39, 0.29) is 5.91 Å². The minimum Gasteiger partial charge on any atom is -0.378 e. The number of carbonyl (C=O) groups excluding carboxylic acids is 1. The number of nitrogens with zero attached hydrogens (tertiary/aromatic N) is 4. The van der Waals surface area contributed by atoms with Crippen LogP contribution < -0.4 is 10.2 Å². The van der Waals surface area contributed by atoms with E-state index in [1.54, 1.807) is 0 Å². The average Bonchev–Trinajstić information content (AvgIpc) is 3.18. The zero-order chi connectivity index (χ0) is 20.9. The highest BCUT2D eigenvalue weighted by atomic mass is 32.2. The lowest BCUT2D eigenvalue weighted by Crippen LogP contribution is -2.41. The minimum absolute atomic E-state index is 0.0745. The summed E-state index contributed by atoms with van der Waals surface area (Å²) in [7, 11) is 0. The monoisotopic (exact) mass is 429 g/mol. The third-order valence-electron chi connectivity index (χ3n) is 5.96. The second-order valence-electron chi connectivity index (χ2n) is 8.28. The van der Waals surface area contributed by atoms with Gasteiger partial charge in [0.15, 0.2) is 5.16 Å². The van der Waals surface area contributed by atoms with E-state index >= 15 is 0 Å². The van der Waals surface area contributed by atoms with Crippen LogP contribution in [0.3, 0.4) is 0 Å². The molecule has 2 unspecified atom stereocenters. The molecule has 1 N–H and O–H groups in total. The zero-order valence-electron chi connectivity index (χ0n) is 17.8. The molecule has 2 fully saturated rings. The summed E-state index contributed by atoms with van der Waals surface area (Å²) < 4.78 is 7.56. The molecule has 4 rings (SSSR count). The predicted octanol–water partition coefficient (Wildman–Crippen LogP) is 3.20. The van der Waals surface area contributed by atoms with Crippen molar-refractivity contribution in [1.82, 2.24) is 20.1 Å². The summed E-state index contributed by atoms with van der Waals surface area (Å²) in [5.74, 6) is 1.78. The van der Waals surface area contributed by atoms with E-state index in [0.717, 1.165) is 36.3 Å². The number of amides is 1. The molecule has 1 saturated heterocycles. The van der Waals surface area contributed by atoms with Crippen molar-refractivity contribution in [2.24, 2.45) is 5.92 Å². The molecule has 30 heavy (non-hydrogen) atoms. The summed E-state index contributed by atoms with van der Waals surface area (Å²) in [5.41, 5.74) is 2.19. The van der Waals surface area contributed by atoms with Gasteiger partial charge in [0.05, 0.1) is 24.7 Å². The molecule has 1 aliphatic heterocycles. The Labute approximate surface area is 182 Å². The molecule has 1 aliphatic carbocycles. The Morgan fingerprint density at radius 3 is 2.80 bits per heavy atom. The van der Waals surface area contributed by atoms with Crippen LogP contribution in [-0.4, -0.2) is 58.8 Å². The van der Waals surface area contributed by atoms with Crippen molar-refractivity contribution in [1.29, 1.82) is 0 Å². The first-order valence-corrected chi connectivity index (χ1v) is 11.9. The number of thioether (sulfide) groups is 1. The van der Waals surface area contributed by atoms with Crippen molar-refractivity contribution in [3.8, 4) is 5.69 Å². The van der Waals surface area contributed by atoms with E-state index in [4.69, 9.17) is 4.74 Å². The number of rotatable bonds is 6. The number of hydrogen-bond acceptors (Lipinski definition) is 6. The Morgan fingerprint density at radius 1 is 1.23 bits per heavy atom. The van der Waals surface area contributed by atoms with Crippen molar-refractivity contribution >= 4 is 23.6 Å². The molecule has 1 amide bonds. The number of benzene rings is 1. The molecule has 8 heteroatoms. The number of carbonyl (C=O) groups is 1. The van der Waals surface area contributed by atoms with E-state index in [2.05, 4.69) is 57.0 Å². The number of aromatic nitrogens is 3. The van der Waals surface area contributed by atoms with Gasteiger partial charge in [-0.05, 0) is 43.4 Å². The standard InChI is InChI=1S/C22H31N5O2S/c1-16-6-5-8-18(14-16)27-21(26-10-12-29-13-11-26)24-25-22(27)30-15-20(28)23-19-9-4-3-7-17(19)2/h5-6,8,14,17,19H,3-4,7,9-13,15H2,1-2H3,(H,23,28). The molecule has 2 heterocycles. The summed E-state index contributed by atoms with van der Waals surface area (Å²) in [5, 5.41) is 12.9. The van der Waals surface area contributed by atoms with E-state index < -0.39 is 0 Å². The highest BCUT2D eigenvalue weighted by Gasteiger charge is 2.25. The van der Waals surface area contributed by atoms with Gasteiger partial charge in [0.2, 0.25) is 11.9 Å².